The second kappa shape index (κ2) is 6.49. The third kappa shape index (κ3) is 4.13. The van der Waals surface area contributed by atoms with Crippen LogP contribution in [0.3, 0.4) is 0 Å². The quantitative estimate of drug-likeness (QED) is 0.835. The molecule has 1 aromatic carbocycles. The van der Waals surface area contributed by atoms with E-state index in [4.69, 9.17) is 4.42 Å². The lowest BCUT2D eigenvalue weighted by Gasteiger charge is -2.16. The Labute approximate surface area is 124 Å². The molecule has 0 bridgehead atoms. The fourth-order valence-electron chi connectivity index (χ4n) is 1.79. The van der Waals surface area contributed by atoms with E-state index in [1.54, 1.807) is 19.0 Å². The lowest BCUT2D eigenvalue weighted by atomic mass is 10.1. The molecule has 0 saturated carbocycles. The number of aryl methyl sites for hydroxylation is 1. The molecule has 21 heavy (non-hydrogen) atoms. The summed E-state index contributed by atoms with van der Waals surface area (Å²) in [7, 11) is 5.31. The van der Waals surface area contributed by atoms with Gasteiger partial charge < -0.3 is 9.32 Å². The van der Waals surface area contributed by atoms with Gasteiger partial charge in [-0.15, -0.1) is 10.2 Å². The van der Waals surface area contributed by atoms with Crippen molar-refractivity contribution in [3.05, 3.63) is 35.7 Å². The fourth-order valence-corrected chi connectivity index (χ4v) is 1.79. The topological polar surface area (TPSA) is 62.5 Å². The Balaban J connectivity index is 2.00. The van der Waals surface area contributed by atoms with Gasteiger partial charge in [-0.25, -0.2) is 0 Å². The molecule has 0 atom stereocenters. The highest BCUT2D eigenvalue weighted by atomic mass is 16.4. The van der Waals surface area contributed by atoms with Crippen LogP contribution in [-0.4, -0.2) is 53.6 Å². The highest BCUT2D eigenvalue weighted by Crippen LogP contribution is 2.18. The minimum absolute atomic E-state index is 0.0378. The van der Waals surface area contributed by atoms with Gasteiger partial charge in [-0.05, 0) is 26.1 Å². The van der Waals surface area contributed by atoms with Gasteiger partial charge in [-0.3, -0.25) is 9.69 Å². The van der Waals surface area contributed by atoms with Gasteiger partial charge in [0.05, 0.1) is 13.1 Å². The standard InChI is InChI=1S/C15H20N4O2/c1-11-5-7-12(8-6-11)15-17-16-13(21-15)9-19(4)10-14(20)18(2)3/h5-8H,9-10H2,1-4H3. The summed E-state index contributed by atoms with van der Waals surface area (Å²) < 4.78 is 5.63. The molecule has 0 N–H and O–H groups in total. The SMILES string of the molecule is Cc1ccc(-c2nnc(CN(C)CC(=O)N(C)C)o2)cc1. The summed E-state index contributed by atoms with van der Waals surface area (Å²) in [6.07, 6.45) is 0. The minimum Gasteiger partial charge on any atom is -0.419 e. The van der Waals surface area contributed by atoms with Crippen LogP contribution in [-0.2, 0) is 11.3 Å². The van der Waals surface area contributed by atoms with Crippen LogP contribution >= 0.6 is 0 Å². The molecule has 112 valence electrons. The third-order valence-electron chi connectivity index (χ3n) is 3.07. The Kier molecular flexibility index (Phi) is 4.70. The number of aromatic nitrogens is 2. The molecule has 0 unspecified atom stereocenters. The molecule has 0 fully saturated rings. The summed E-state index contributed by atoms with van der Waals surface area (Å²) in [4.78, 5) is 15.0. The Hall–Kier alpha value is -2.21. The summed E-state index contributed by atoms with van der Waals surface area (Å²) in [6, 6.07) is 7.90. The maximum Gasteiger partial charge on any atom is 0.247 e. The van der Waals surface area contributed by atoms with Crippen molar-refractivity contribution in [1.29, 1.82) is 0 Å². The molecular formula is C15H20N4O2. The van der Waals surface area contributed by atoms with Gasteiger partial charge >= 0.3 is 0 Å². The van der Waals surface area contributed by atoms with Crippen LogP contribution in [0, 0.1) is 6.92 Å². The van der Waals surface area contributed by atoms with E-state index in [9.17, 15) is 4.79 Å². The summed E-state index contributed by atoms with van der Waals surface area (Å²) in [6.45, 7) is 2.79. The fraction of sp³-hybridized carbons (Fsp3) is 0.400. The van der Waals surface area contributed by atoms with Crippen molar-refractivity contribution in [2.45, 2.75) is 13.5 Å². The molecule has 6 nitrogen and oxygen atoms in total. The number of likely N-dealkylation sites (N-methyl/N-ethyl adjacent to an activating group) is 2. The molecule has 0 aliphatic carbocycles. The molecule has 2 rings (SSSR count). The van der Waals surface area contributed by atoms with Crippen molar-refractivity contribution in [2.24, 2.45) is 0 Å². The van der Waals surface area contributed by atoms with E-state index in [1.807, 2.05) is 43.1 Å². The van der Waals surface area contributed by atoms with E-state index in [0.29, 0.717) is 24.9 Å². The zero-order chi connectivity index (χ0) is 15.4. The smallest absolute Gasteiger partial charge is 0.247 e. The molecule has 0 aliphatic rings. The predicted octanol–water partition coefficient (Wildman–Crippen LogP) is 1.57. The molecule has 6 heteroatoms. The van der Waals surface area contributed by atoms with Crippen molar-refractivity contribution >= 4 is 5.91 Å². The first-order valence-electron chi connectivity index (χ1n) is 6.74. The number of benzene rings is 1. The largest absolute Gasteiger partial charge is 0.419 e. The van der Waals surface area contributed by atoms with Crippen LogP contribution in [0.1, 0.15) is 11.5 Å². The highest BCUT2D eigenvalue weighted by molar-refractivity contribution is 5.77. The molecule has 2 aromatic rings. The Morgan fingerprint density at radius 3 is 2.43 bits per heavy atom. The maximum atomic E-state index is 11.6. The average molecular weight is 288 g/mol. The van der Waals surface area contributed by atoms with Gasteiger partial charge in [-0.2, -0.15) is 0 Å². The Bertz CT molecular complexity index is 604. The minimum atomic E-state index is 0.0378. The van der Waals surface area contributed by atoms with E-state index < -0.39 is 0 Å². The Morgan fingerprint density at radius 1 is 1.14 bits per heavy atom. The summed E-state index contributed by atoms with van der Waals surface area (Å²) in [5.41, 5.74) is 2.08. The van der Waals surface area contributed by atoms with Crippen LogP contribution < -0.4 is 0 Å². The first kappa shape index (κ1) is 15.2. The monoisotopic (exact) mass is 288 g/mol. The number of carbonyl (C=O) groups is 1. The molecule has 1 heterocycles. The van der Waals surface area contributed by atoms with Crippen molar-refractivity contribution in [2.75, 3.05) is 27.7 Å². The van der Waals surface area contributed by atoms with E-state index >= 15 is 0 Å². The van der Waals surface area contributed by atoms with Gasteiger partial charge in [0.1, 0.15) is 0 Å². The molecular weight excluding hydrogens is 268 g/mol. The zero-order valence-electron chi connectivity index (χ0n) is 12.8. The number of rotatable bonds is 5. The number of nitrogens with zero attached hydrogens (tertiary/aromatic N) is 4. The van der Waals surface area contributed by atoms with Gasteiger partial charge in [0.25, 0.3) is 0 Å². The Morgan fingerprint density at radius 2 is 1.81 bits per heavy atom. The van der Waals surface area contributed by atoms with Crippen LogP contribution in [0.5, 0.6) is 0 Å². The van der Waals surface area contributed by atoms with Crippen molar-refractivity contribution in [3.8, 4) is 11.5 Å². The van der Waals surface area contributed by atoms with Crippen LogP contribution in [0.15, 0.2) is 28.7 Å². The van der Waals surface area contributed by atoms with E-state index in [2.05, 4.69) is 10.2 Å². The average Bonchev–Trinajstić information content (AvgIpc) is 2.87. The molecule has 1 aromatic heterocycles. The second-order valence-corrected chi connectivity index (χ2v) is 5.33. The zero-order valence-corrected chi connectivity index (χ0v) is 12.8. The van der Waals surface area contributed by atoms with E-state index in [1.165, 1.54) is 5.56 Å². The second-order valence-electron chi connectivity index (χ2n) is 5.33. The van der Waals surface area contributed by atoms with Gasteiger partial charge in [-0.1, -0.05) is 17.7 Å². The predicted molar refractivity (Wildman–Crippen MR) is 79.5 cm³/mol. The molecule has 0 saturated heterocycles. The van der Waals surface area contributed by atoms with E-state index in [-0.39, 0.29) is 5.91 Å². The molecule has 1 amide bonds. The van der Waals surface area contributed by atoms with Gasteiger partial charge in [0.2, 0.25) is 17.7 Å². The number of carbonyl (C=O) groups excluding carboxylic acids is 1. The third-order valence-corrected chi connectivity index (χ3v) is 3.07. The van der Waals surface area contributed by atoms with Gasteiger partial charge in [0, 0.05) is 19.7 Å². The van der Waals surface area contributed by atoms with E-state index in [0.717, 1.165) is 5.56 Å². The van der Waals surface area contributed by atoms with Crippen molar-refractivity contribution in [3.63, 3.8) is 0 Å². The normalized spacial score (nSPS) is 10.9. The van der Waals surface area contributed by atoms with Gasteiger partial charge in [0.15, 0.2) is 0 Å². The lowest BCUT2D eigenvalue weighted by Crippen LogP contribution is -2.34. The molecule has 0 radical (unpaired) electrons. The lowest BCUT2D eigenvalue weighted by molar-refractivity contribution is -0.129. The molecule has 0 spiro atoms. The van der Waals surface area contributed by atoms with Crippen LogP contribution in [0.25, 0.3) is 11.5 Å². The summed E-state index contributed by atoms with van der Waals surface area (Å²) in [5, 5.41) is 8.07. The first-order valence-corrected chi connectivity index (χ1v) is 6.74. The number of hydrogen-bond acceptors (Lipinski definition) is 5. The van der Waals surface area contributed by atoms with Crippen molar-refractivity contribution in [1.82, 2.24) is 20.0 Å². The van der Waals surface area contributed by atoms with Crippen LogP contribution in [0.2, 0.25) is 0 Å². The highest BCUT2D eigenvalue weighted by Gasteiger charge is 2.13. The van der Waals surface area contributed by atoms with Crippen molar-refractivity contribution < 1.29 is 9.21 Å². The summed E-state index contributed by atoms with van der Waals surface area (Å²) >= 11 is 0. The maximum absolute atomic E-state index is 11.6. The summed E-state index contributed by atoms with van der Waals surface area (Å²) in [5.74, 6) is 1.03. The first-order chi connectivity index (χ1) is 9.95. The van der Waals surface area contributed by atoms with Crippen LogP contribution in [0.4, 0.5) is 0 Å². The molecule has 0 aliphatic heterocycles. The number of hydrogen-bond donors (Lipinski definition) is 0. The number of amides is 1.